The van der Waals surface area contributed by atoms with Crippen LogP contribution in [0.25, 0.3) is 11.1 Å². The maximum absolute atomic E-state index is 6.26. The summed E-state index contributed by atoms with van der Waals surface area (Å²) in [6.07, 6.45) is 3.47. The Kier molecular flexibility index (Phi) is 4.33. The topological polar surface area (TPSA) is 52.0 Å². The first-order chi connectivity index (χ1) is 9.56. The molecule has 0 fully saturated rings. The monoisotopic (exact) mass is 268 g/mol. The summed E-state index contributed by atoms with van der Waals surface area (Å²) in [6.45, 7) is 6.42. The number of rotatable bonds is 4. The number of nitrogens with two attached hydrogens (primary N) is 2. The molecule has 0 saturated heterocycles. The summed E-state index contributed by atoms with van der Waals surface area (Å²) in [6, 6.07) is 10.5. The molecule has 0 radical (unpaired) electrons. The van der Waals surface area contributed by atoms with E-state index in [0.29, 0.717) is 11.4 Å². The molecule has 106 valence electrons. The van der Waals surface area contributed by atoms with Gasteiger partial charge in [0.05, 0.1) is 11.4 Å². The summed E-state index contributed by atoms with van der Waals surface area (Å²) in [7, 11) is 0. The minimum Gasteiger partial charge on any atom is -0.397 e. The van der Waals surface area contributed by atoms with Crippen molar-refractivity contribution in [3.8, 4) is 11.1 Å². The summed E-state index contributed by atoms with van der Waals surface area (Å²) in [5, 5.41) is 0. The van der Waals surface area contributed by atoms with E-state index in [1.54, 1.807) is 0 Å². The second kappa shape index (κ2) is 6.00. The van der Waals surface area contributed by atoms with Crippen molar-refractivity contribution in [1.82, 2.24) is 0 Å². The Morgan fingerprint density at radius 3 is 2.45 bits per heavy atom. The SMILES string of the molecule is CCCCc1ccccc1-c1c(C)c(C)cc(N)c1N. The van der Waals surface area contributed by atoms with Gasteiger partial charge in [-0.1, -0.05) is 37.6 Å². The lowest BCUT2D eigenvalue weighted by Crippen LogP contribution is -2.03. The van der Waals surface area contributed by atoms with Crippen LogP contribution in [0.15, 0.2) is 30.3 Å². The summed E-state index contributed by atoms with van der Waals surface area (Å²) in [5.74, 6) is 0. The number of benzene rings is 2. The van der Waals surface area contributed by atoms with Crippen LogP contribution in [0.2, 0.25) is 0 Å². The fraction of sp³-hybridized carbons (Fsp3) is 0.333. The minimum absolute atomic E-state index is 0.674. The van der Waals surface area contributed by atoms with Gasteiger partial charge in [0.25, 0.3) is 0 Å². The summed E-state index contributed by atoms with van der Waals surface area (Å²) < 4.78 is 0. The molecule has 2 aromatic carbocycles. The molecule has 0 bridgehead atoms. The number of nitrogen functional groups attached to an aromatic ring is 2. The highest BCUT2D eigenvalue weighted by Gasteiger charge is 2.14. The smallest absolute Gasteiger partial charge is 0.0630 e. The van der Waals surface area contributed by atoms with E-state index in [1.807, 2.05) is 6.07 Å². The zero-order valence-electron chi connectivity index (χ0n) is 12.7. The molecule has 0 aliphatic rings. The molecule has 0 atom stereocenters. The van der Waals surface area contributed by atoms with Crippen LogP contribution in [0, 0.1) is 13.8 Å². The fourth-order valence-electron chi connectivity index (χ4n) is 2.66. The van der Waals surface area contributed by atoms with Crippen molar-refractivity contribution in [2.24, 2.45) is 0 Å². The van der Waals surface area contributed by atoms with E-state index < -0.39 is 0 Å². The molecular formula is C18H24N2. The van der Waals surface area contributed by atoms with Gasteiger partial charge in [-0.3, -0.25) is 0 Å². The van der Waals surface area contributed by atoms with E-state index in [2.05, 4.69) is 45.0 Å². The van der Waals surface area contributed by atoms with Gasteiger partial charge in [-0.2, -0.15) is 0 Å². The molecule has 0 amide bonds. The summed E-state index contributed by atoms with van der Waals surface area (Å²) in [4.78, 5) is 0. The van der Waals surface area contributed by atoms with E-state index >= 15 is 0 Å². The predicted octanol–water partition coefficient (Wildman–Crippen LogP) is 4.48. The van der Waals surface area contributed by atoms with E-state index in [1.165, 1.54) is 35.1 Å². The molecule has 4 N–H and O–H groups in total. The minimum atomic E-state index is 0.674. The van der Waals surface area contributed by atoms with Gasteiger partial charge in [-0.15, -0.1) is 0 Å². The lowest BCUT2D eigenvalue weighted by molar-refractivity contribution is 0.796. The Balaban J connectivity index is 2.63. The van der Waals surface area contributed by atoms with Crippen LogP contribution in [0.4, 0.5) is 11.4 Å². The molecule has 0 saturated carbocycles. The quantitative estimate of drug-likeness (QED) is 0.803. The highest BCUT2D eigenvalue weighted by molar-refractivity contribution is 5.89. The highest BCUT2D eigenvalue weighted by atomic mass is 14.7. The van der Waals surface area contributed by atoms with E-state index in [0.717, 1.165) is 12.0 Å². The third kappa shape index (κ3) is 2.64. The van der Waals surface area contributed by atoms with Crippen LogP contribution in [0.1, 0.15) is 36.5 Å². The normalized spacial score (nSPS) is 10.8. The van der Waals surface area contributed by atoms with Crippen LogP contribution < -0.4 is 11.5 Å². The average molecular weight is 268 g/mol. The van der Waals surface area contributed by atoms with Crippen molar-refractivity contribution in [1.29, 1.82) is 0 Å². The lowest BCUT2D eigenvalue weighted by atomic mass is 9.90. The number of aryl methyl sites for hydroxylation is 2. The van der Waals surface area contributed by atoms with Crippen molar-refractivity contribution in [2.45, 2.75) is 40.0 Å². The van der Waals surface area contributed by atoms with Crippen molar-refractivity contribution >= 4 is 11.4 Å². The van der Waals surface area contributed by atoms with Crippen LogP contribution in [0.3, 0.4) is 0 Å². The Morgan fingerprint density at radius 2 is 1.75 bits per heavy atom. The molecule has 0 heterocycles. The van der Waals surface area contributed by atoms with Crippen molar-refractivity contribution in [3.05, 3.63) is 47.0 Å². The molecule has 0 aromatic heterocycles. The lowest BCUT2D eigenvalue weighted by Gasteiger charge is -2.17. The van der Waals surface area contributed by atoms with Gasteiger partial charge >= 0.3 is 0 Å². The molecule has 20 heavy (non-hydrogen) atoms. The number of unbranched alkanes of at least 4 members (excludes halogenated alkanes) is 1. The van der Waals surface area contributed by atoms with Gasteiger partial charge in [-0.25, -0.2) is 0 Å². The van der Waals surface area contributed by atoms with Gasteiger partial charge in [0, 0.05) is 5.56 Å². The van der Waals surface area contributed by atoms with Crippen LogP contribution in [0.5, 0.6) is 0 Å². The van der Waals surface area contributed by atoms with E-state index in [-0.39, 0.29) is 0 Å². The first-order valence-corrected chi connectivity index (χ1v) is 7.29. The van der Waals surface area contributed by atoms with Crippen LogP contribution in [-0.2, 0) is 6.42 Å². The largest absolute Gasteiger partial charge is 0.397 e. The van der Waals surface area contributed by atoms with Gasteiger partial charge < -0.3 is 11.5 Å². The zero-order chi connectivity index (χ0) is 14.7. The van der Waals surface area contributed by atoms with E-state index in [9.17, 15) is 0 Å². The summed E-state index contributed by atoms with van der Waals surface area (Å²) >= 11 is 0. The summed E-state index contributed by atoms with van der Waals surface area (Å²) in [5.41, 5.74) is 19.8. The fourth-order valence-corrected chi connectivity index (χ4v) is 2.66. The van der Waals surface area contributed by atoms with Crippen LogP contribution >= 0.6 is 0 Å². The van der Waals surface area contributed by atoms with Gasteiger partial charge in [0.2, 0.25) is 0 Å². The third-order valence-electron chi connectivity index (χ3n) is 4.01. The Bertz CT molecular complexity index is 589. The molecule has 0 spiro atoms. The molecule has 2 heteroatoms. The molecule has 2 aromatic rings. The van der Waals surface area contributed by atoms with Gasteiger partial charge in [-0.05, 0) is 55.0 Å². The van der Waals surface area contributed by atoms with Crippen molar-refractivity contribution < 1.29 is 0 Å². The highest BCUT2D eigenvalue weighted by Crippen LogP contribution is 2.37. The van der Waals surface area contributed by atoms with Gasteiger partial charge in [0.1, 0.15) is 0 Å². The molecule has 2 nitrogen and oxygen atoms in total. The first kappa shape index (κ1) is 14.4. The number of hydrogen-bond acceptors (Lipinski definition) is 2. The molecule has 0 aliphatic carbocycles. The third-order valence-corrected chi connectivity index (χ3v) is 4.01. The van der Waals surface area contributed by atoms with Crippen molar-refractivity contribution in [2.75, 3.05) is 11.5 Å². The first-order valence-electron chi connectivity index (χ1n) is 7.29. The number of hydrogen-bond donors (Lipinski definition) is 2. The van der Waals surface area contributed by atoms with Gasteiger partial charge in [0.15, 0.2) is 0 Å². The van der Waals surface area contributed by atoms with Crippen molar-refractivity contribution in [3.63, 3.8) is 0 Å². The molecule has 2 rings (SSSR count). The predicted molar refractivity (Wildman–Crippen MR) is 88.8 cm³/mol. The second-order valence-corrected chi connectivity index (χ2v) is 5.46. The maximum atomic E-state index is 6.26. The second-order valence-electron chi connectivity index (χ2n) is 5.46. The van der Waals surface area contributed by atoms with Crippen LogP contribution in [-0.4, -0.2) is 0 Å². The van der Waals surface area contributed by atoms with E-state index in [4.69, 9.17) is 11.5 Å². The number of anilines is 2. The zero-order valence-corrected chi connectivity index (χ0v) is 12.7. The Morgan fingerprint density at radius 1 is 1.05 bits per heavy atom. The average Bonchev–Trinajstić information content (AvgIpc) is 2.44. The Hall–Kier alpha value is -1.96. The molecule has 0 unspecified atom stereocenters. The molecule has 0 aliphatic heterocycles. The molecular weight excluding hydrogens is 244 g/mol. The maximum Gasteiger partial charge on any atom is 0.0630 e. The Labute approximate surface area is 121 Å². The standard InChI is InChI=1S/C18H24N2/c1-4-5-8-14-9-6-7-10-15(14)17-13(3)12(2)11-16(19)18(17)20/h6-7,9-11H,4-5,8,19-20H2,1-3H3.